The molecule has 0 aliphatic heterocycles. The number of rotatable bonds is 3. The summed E-state index contributed by atoms with van der Waals surface area (Å²) in [5.74, 6) is 0.366. The Bertz CT molecular complexity index is 550. The number of anilines is 1. The van der Waals surface area contributed by atoms with Crippen molar-refractivity contribution in [1.29, 1.82) is 0 Å². The fourth-order valence-corrected chi connectivity index (χ4v) is 1.67. The zero-order valence-electron chi connectivity index (χ0n) is 9.51. The first-order valence-corrected chi connectivity index (χ1v) is 6.47. The third kappa shape index (κ3) is 3.96. The van der Waals surface area contributed by atoms with Crippen molar-refractivity contribution in [2.75, 3.05) is 5.32 Å². The van der Waals surface area contributed by atoms with E-state index in [1.54, 1.807) is 18.3 Å². The predicted molar refractivity (Wildman–Crippen MR) is 81.1 cm³/mol. The molecule has 90 valence electrons. The Hall–Kier alpha value is -1.69. The largest absolute Gasteiger partial charge is 0.307 e. The zero-order chi connectivity index (χ0) is 12.8. The monoisotopic (exact) mass is 350 g/mol. The fraction of sp³-hybridized carbons (Fsp3) is 0. The minimum absolute atomic E-state index is 0.187. The maximum absolute atomic E-state index is 11.6. The highest BCUT2D eigenvalue weighted by Gasteiger charge is 1.98. The lowest BCUT2D eigenvalue weighted by molar-refractivity contribution is -0.111. The minimum Gasteiger partial charge on any atom is -0.307 e. The quantitative estimate of drug-likeness (QED) is 0.682. The summed E-state index contributed by atoms with van der Waals surface area (Å²) in [6.45, 7) is 0. The van der Waals surface area contributed by atoms with Crippen LogP contribution in [0.15, 0.2) is 54.7 Å². The molecule has 1 aromatic heterocycles. The van der Waals surface area contributed by atoms with E-state index in [0.29, 0.717) is 5.82 Å². The molecule has 0 unspecified atom stereocenters. The Labute approximate surface area is 119 Å². The summed E-state index contributed by atoms with van der Waals surface area (Å²) in [5.41, 5.74) is 0.989. The third-order valence-electron chi connectivity index (χ3n) is 2.21. The van der Waals surface area contributed by atoms with Gasteiger partial charge in [0.2, 0.25) is 5.91 Å². The van der Waals surface area contributed by atoms with Crippen LogP contribution < -0.4 is 5.32 Å². The Morgan fingerprint density at radius 1 is 1.17 bits per heavy atom. The molecular formula is C14H11IN2O. The first kappa shape index (κ1) is 12.8. The molecule has 2 aromatic rings. The molecule has 1 N–H and O–H groups in total. The van der Waals surface area contributed by atoms with Crippen LogP contribution >= 0.6 is 22.6 Å². The van der Waals surface area contributed by atoms with Crippen molar-refractivity contribution in [3.05, 3.63) is 63.9 Å². The molecule has 0 aliphatic carbocycles. The Balaban J connectivity index is 1.97. The van der Waals surface area contributed by atoms with Crippen LogP contribution in [0.3, 0.4) is 0 Å². The van der Waals surface area contributed by atoms with E-state index in [0.717, 1.165) is 9.13 Å². The second-order valence-electron chi connectivity index (χ2n) is 3.59. The van der Waals surface area contributed by atoms with Crippen LogP contribution in [-0.4, -0.2) is 10.9 Å². The van der Waals surface area contributed by atoms with Gasteiger partial charge in [-0.3, -0.25) is 4.79 Å². The number of hydrogen-bond acceptors (Lipinski definition) is 2. The van der Waals surface area contributed by atoms with Crippen molar-refractivity contribution in [3.63, 3.8) is 0 Å². The van der Waals surface area contributed by atoms with Gasteiger partial charge in [-0.1, -0.05) is 30.3 Å². The van der Waals surface area contributed by atoms with Crippen molar-refractivity contribution in [2.45, 2.75) is 0 Å². The average molecular weight is 350 g/mol. The second-order valence-corrected chi connectivity index (χ2v) is 4.84. The van der Waals surface area contributed by atoms with Crippen LogP contribution in [0, 0.1) is 3.57 Å². The molecule has 0 bridgehead atoms. The minimum atomic E-state index is -0.187. The van der Waals surface area contributed by atoms with Gasteiger partial charge in [0.25, 0.3) is 0 Å². The van der Waals surface area contributed by atoms with Crippen molar-refractivity contribution in [3.8, 4) is 0 Å². The van der Waals surface area contributed by atoms with Crippen molar-refractivity contribution >= 4 is 40.4 Å². The summed E-state index contributed by atoms with van der Waals surface area (Å²) in [6, 6.07) is 13.3. The van der Waals surface area contributed by atoms with Crippen LogP contribution in [0.2, 0.25) is 0 Å². The fourth-order valence-electron chi connectivity index (χ4n) is 1.35. The molecule has 2 rings (SSSR count). The molecule has 0 fully saturated rings. The summed E-state index contributed by atoms with van der Waals surface area (Å²) >= 11 is 2.17. The Morgan fingerprint density at radius 2 is 1.94 bits per heavy atom. The van der Waals surface area contributed by atoms with E-state index in [1.807, 2.05) is 36.4 Å². The van der Waals surface area contributed by atoms with Gasteiger partial charge in [0.05, 0.1) is 0 Å². The third-order valence-corrected chi connectivity index (χ3v) is 2.84. The number of carbonyl (C=O) groups excluding carboxylic acids is 1. The average Bonchev–Trinajstić information content (AvgIpc) is 2.40. The van der Waals surface area contributed by atoms with Crippen molar-refractivity contribution in [2.24, 2.45) is 0 Å². The maximum Gasteiger partial charge on any atom is 0.249 e. The van der Waals surface area contributed by atoms with Crippen LogP contribution in [0.1, 0.15) is 5.56 Å². The molecule has 0 spiro atoms. The number of aromatic nitrogens is 1. The number of nitrogens with zero attached hydrogens (tertiary/aromatic N) is 1. The SMILES string of the molecule is O=C(/C=C/c1ccccc1)Nc1ccc(I)cn1. The van der Waals surface area contributed by atoms with E-state index in [4.69, 9.17) is 0 Å². The second kappa shape index (κ2) is 6.30. The van der Waals surface area contributed by atoms with E-state index >= 15 is 0 Å². The molecule has 1 amide bonds. The van der Waals surface area contributed by atoms with Gasteiger partial charge < -0.3 is 5.32 Å². The number of amides is 1. The van der Waals surface area contributed by atoms with Crippen LogP contribution in [0.25, 0.3) is 6.08 Å². The molecule has 0 saturated heterocycles. The lowest BCUT2D eigenvalue weighted by Gasteiger charge is -2.00. The molecule has 18 heavy (non-hydrogen) atoms. The lowest BCUT2D eigenvalue weighted by atomic mass is 10.2. The number of carbonyl (C=O) groups is 1. The van der Waals surface area contributed by atoms with Gasteiger partial charge in [-0.25, -0.2) is 4.98 Å². The summed E-state index contributed by atoms with van der Waals surface area (Å²) in [5, 5.41) is 2.70. The van der Waals surface area contributed by atoms with Crippen molar-refractivity contribution in [1.82, 2.24) is 4.98 Å². The zero-order valence-corrected chi connectivity index (χ0v) is 11.7. The normalized spacial score (nSPS) is 10.5. The number of benzene rings is 1. The Morgan fingerprint density at radius 3 is 2.61 bits per heavy atom. The molecule has 0 atom stereocenters. The van der Waals surface area contributed by atoms with E-state index in [1.165, 1.54) is 6.08 Å². The molecular weight excluding hydrogens is 339 g/mol. The van der Waals surface area contributed by atoms with Crippen LogP contribution in [-0.2, 0) is 4.79 Å². The highest BCUT2D eigenvalue weighted by atomic mass is 127. The van der Waals surface area contributed by atoms with Gasteiger partial charge in [0.1, 0.15) is 5.82 Å². The Kier molecular flexibility index (Phi) is 4.46. The first-order valence-electron chi connectivity index (χ1n) is 5.40. The number of nitrogens with one attached hydrogen (secondary N) is 1. The summed E-state index contributed by atoms with van der Waals surface area (Å²) in [6.07, 6.45) is 4.97. The van der Waals surface area contributed by atoms with Gasteiger partial charge in [-0.2, -0.15) is 0 Å². The number of pyridine rings is 1. The molecule has 1 aromatic carbocycles. The lowest BCUT2D eigenvalue weighted by Crippen LogP contribution is -2.08. The highest BCUT2D eigenvalue weighted by Crippen LogP contribution is 2.07. The van der Waals surface area contributed by atoms with Gasteiger partial charge in [-0.15, -0.1) is 0 Å². The van der Waals surface area contributed by atoms with Crippen molar-refractivity contribution < 1.29 is 4.79 Å². The van der Waals surface area contributed by atoms with Gasteiger partial charge in [-0.05, 0) is 46.4 Å². The van der Waals surface area contributed by atoms with E-state index in [-0.39, 0.29) is 5.91 Å². The number of hydrogen-bond donors (Lipinski definition) is 1. The van der Waals surface area contributed by atoms with E-state index in [2.05, 4.69) is 32.9 Å². The maximum atomic E-state index is 11.6. The molecule has 1 heterocycles. The van der Waals surface area contributed by atoms with Gasteiger partial charge in [0, 0.05) is 15.8 Å². The topological polar surface area (TPSA) is 42.0 Å². The number of halogens is 1. The summed E-state index contributed by atoms with van der Waals surface area (Å²) < 4.78 is 1.03. The predicted octanol–water partition coefficient (Wildman–Crippen LogP) is 3.34. The first-order chi connectivity index (χ1) is 8.74. The van der Waals surface area contributed by atoms with Gasteiger partial charge in [0.15, 0.2) is 0 Å². The summed E-state index contributed by atoms with van der Waals surface area (Å²) in [7, 11) is 0. The smallest absolute Gasteiger partial charge is 0.249 e. The van der Waals surface area contributed by atoms with E-state index < -0.39 is 0 Å². The highest BCUT2D eigenvalue weighted by molar-refractivity contribution is 14.1. The molecule has 0 saturated carbocycles. The molecule has 0 radical (unpaired) electrons. The molecule has 4 heteroatoms. The molecule has 3 nitrogen and oxygen atoms in total. The molecule has 0 aliphatic rings. The summed E-state index contributed by atoms with van der Waals surface area (Å²) in [4.78, 5) is 15.7. The van der Waals surface area contributed by atoms with Crippen LogP contribution in [0.4, 0.5) is 5.82 Å². The van der Waals surface area contributed by atoms with Crippen LogP contribution in [0.5, 0.6) is 0 Å². The van der Waals surface area contributed by atoms with E-state index in [9.17, 15) is 4.79 Å². The standard InChI is InChI=1S/C14H11IN2O/c15-12-7-8-13(16-10-12)17-14(18)9-6-11-4-2-1-3-5-11/h1-10H,(H,16,17,18)/b9-6+. The van der Waals surface area contributed by atoms with Gasteiger partial charge >= 0.3 is 0 Å².